The van der Waals surface area contributed by atoms with Gasteiger partial charge in [0, 0.05) is 18.8 Å². The molecule has 0 saturated heterocycles. The van der Waals surface area contributed by atoms with Crippen molar-refractivity contribution in [2.75, 3.05) is 5.32 Å². The van der Waals surface area contributed by atoms with Gasteiger partial charge in [-0.3, -0.25) is 9.48 Å². The lowest BCUT2D eigenvalue weighted by atomic mass is 10.2. The zero-order chi connectivity index (χ0) is 15.6. The summed E-state index contributed by atoms with van der Waals surface area (Å²) in [5, 5.41) is 10.1. The minimum Gasteiger partial charge on any atom is -0.449 e. The summed E-state index contributed by atoms with van der Waals surface area (Å²) >= 11 is 0. The number of aromatic nitrogens is 3. The Morgan fingerprint density at radius 1 is 1.43 bits per heavy atom. The summed E-state index contributed by atoms with van der Waals surface area (Å²) in [5.41, 5.74) is 0.995. The van der Waals surface area contributed by atoms with Crippen molar-refractivity contribution in [1.29, 1.82) is 0 Å². The van der Waals surface area contributed by atoms with Gasteiger partial charge in [-0.2, -0.15) is 5.10 Å². The molecule has 2 rings (SSSR count). The van der Waals surface area contributed by atoms with Gasteiger partial charge in [-0.1, -0.05) is 5.16 Å². The first-order chi connectivity index (χ1) is 9.88. The first kappa shape index (κ1) is 14.8. The monoisotopic (exact) mass is 292 g/mol. The maximum absolute atomic E-state index is 12.0. The lowest BCUT2D eigenvalue weighted by Crippen LogP contribution is -2.30. The number of amides is 1. The van der Waals surface area contributed by atoms with Gasteiger partial charge in [0.1, 0.15) is 11.3 Å². The standard InChI is InChI=1S/C13H16N4O4/c1-7-5-11(16-21-7)15-12(18)9(3)20-13(19)10-6-14-17(4)8(10)2/h5-6,9H,1-4H3,(H,15,16,18)/t9-/m1/s1. The van der Waals surface area contributed by atoms with E-state index in [9.17, 15) is 9.59 Å². The topological polar surface area (TPSA) is 99.2 Å². The molecule has 1 N–H and O–H groups in total. The summed E-state index contributed by atoms with van der Waals surface area (Å²) in [6.45, 7) is 4.93. The molecule has 8 nitrogen and oxygen atoms in total. The average molecular weight is 292 g/mol. The number of carbonyl (C=O) groups is 2. The van der Waals surface area contributed by atoms with Crippen LogP contribution >= 0.6 is 0 Å². The lowest BCUT2D eigenvalue weighted by Gasteiger charge is -2.11. The second kappa shape index (κ2) is 5.78. The Labute approximate surface area is 121 Å². The third kappa shape index (κ3) is 3.28. The second-order valence-electron chi connectivity index (χ2n) is 4.63. The van der Waals surface area contributed by atoms with E-state index in [0.29, 0.717) is 17.0 Å². The molecule has 0 aliphatic heterocycles. The molecule has 1 amide bonds. The maximum atomic E-state index is 12.0. The SMILES string of the molecule is Cc1cc(NC(=O)[C@@H](C)OC(=O)c2cnn(C)c2C)no1. The number of ether oxygens (including phenoxy) is 1. The van der Waals surface area contributed by atoms with E-state index in [1.807, 2.05) is 0 Å². The predicted octanol–water partition coefficient (Wildman–Crippen LogP) is 1.21. The number of nitrogens with zero attached hydrogens (tertiary/aromatic N) is 3. The van der Waals surface area contributed by atoms with Crippen LogP contribution in [0.25, 0.3) is 0 Å². The summed E-state index contributed by atoms with van der Waals surface area (Å²) < 4.78 is 11.5. The summed E-state index contributed by atoms with van der Waals surface area (Å²) in [6, 6.07) is 1.57. The summed E-state index contributed by atoms with van der Waals surface area (Å²) in [7, 11) is 1.72. The molecule has 1 atom stereocenters. The first-order valence-corrected chi connectivity index (χ1v) is 6.32. The highest BCUT2D eigenvalue weighted by Crippen LogP contribution is 2.11. The Morgan fingerprint density at radius 3 is 2.67 bits per heavy atom. The van der Waals surface area contributed by atoms with Crippen LogP contribution in [-0.4, -0.2) is 32.9 Å². The van der Waals surface area contributed by atoms with Gasteiger partial charge in [-0.15, -0.1) is 0 Å². The van der Waals surface area contributed by atoms with Crippen LogP contribution in [0.5, 0.6) is 0 Å². The van der Waals surface area contributed by atoms with Crippen LogP contribution in [-0.2, 0) is 16.6 Å². The number of carbonyl (C=O) groups excluding carboxylic acids is 2. The van der Waals surface area contributed by atoms with Gasteiger partial charge < -0.3 is 14.6 Å². The predicted molar refractivity (Wildman–Crippen MR) is 72.7 cm³/mol. The fourth-order valence-corrected chi connectivity index (χ4v) is 1.63. The molecule has 2 aromatic heterocycles. The lowest BCUT2D eigenvalue weighted by molar-refractivity contribution is -0.123. The quantitative estimate of drug-likeness (QED) is 0.850. The zero-order valence-electron chi connectivity index (χ0n) is 12.2. The third-order valence-electron chi connectivity index (χ3n) is 2.99. The highest BCUT2D eigenvalue weighted by molar-refractivity contribution is 5.97. The molecule has 0 aromatic carbocycles. The number of hydrogen-bond acceptors (Lipinski definition) is 6. The minimum absolute atomic E-state index is 0.276. The van der Waals surface area contributed by atoms with Crippen molar-refractivity contribution in [1.82, 2.24) is 14.9 Å². The number of aryl methyl sites for hydroxylation is 2. The van der Waals surface area contributed by atoms with Crippen molar-refractivity contribution in [2.24, 2.45) is 7.05 Å². The first-order valence-electron chi connectivity index (χ1n) is 6.32. The van der Waals surface area contributed by atoms with Crippen molar-refractivity contribution in [2.45, 2.75) is 26.9 Å². The van der Waals surface area contributed by atoms with Gasteiger partial charge in [0.15, 0.2) is 11.9 Å². The van der Waals surface area contributed by atoms with Crippen molar-refractivity contribution in [3.05, 3.63) is 29.3 Å². The van der Waals surface area contributed by atoms with Crippen LogP contribution in [0.15, 0.2) is 16.8 Å². The van der Waals surface area contributed by atoms with Crippen LogP contribution in [0.4, 0.5) is 5.82 Å². The number of nitrogens with one attached hydrogen (secondary N) is 1. The number of rotatable bonds is 4. The van der Waals surface area contributed by atoms with Gasteiger partial charge in [0.25, 0.3) is 5.91 Å². The van der Waals surface area contributed by atoms with Crippen molar-refractivity contribution in [3.63, 3.8) is 0 Å². The van der Waals surface area contributed by atoms with E-state index in [1.165, 1.54) is 13.1 Å². The molecule has 0 fully saturated rings. The normalized spacial score (nSPS) is 12.0. The number of hydrogen-bond donors (Lipinski definition) is 1. The second-order valence-corrected chi connectivity index (χ2v) is 4.63. The summed E-state index contributed by atoms with van der Waals surface area (Å²) in [4.78, 5) is 23.8. The van der Waals surface area contributed by atoms with Crippen LogP contribution in [0.3, 0.4) is 0 Å². The van der Waals surface area contributed by atoms with E-state index in [-0.39, 0.29) is 5.82 Å². The molecule has 0 saturated carbocycles. The molecular weight excluding hydrogens is 276 g/mol. The van der Waals surface area contributed by atoms with Crippen molar-refractivity contribution < 1.29 is 18.8 Å². The molecule has 2 heterocycles. The molecule has 0 aliphatic rings. The molecule has 112 valence electrons. The molecule has 0 radical (unpaired) electrons. The molecule has 2 aromatic rings. The molecule has 0 unspecified atom stereocenters. The minimum atomic E-state index is -0.964. The van der Waals surface area contributed by atoms with Gasteiger partial charge >= 0.3 is 5.97 Å². The molecule has 0 aliphatic carbocycles. The largest absolute Gasteiger partial charge is 0.449 e. The Balaban J connectivity index is 1.97. The summed E-state index contributed by atoms with van der Waals surface area (Å²) in [6.07, 6.45) is 0.442. The van der Waals surface area contributed by atoms with Crippen LogP contribution in [0.1, 0.15) is 28.7 Å². The number of anilines is 1. The molecular formula is C13H16N4O4. The highest BCUT2D eigenvalue weighted by atomic mass is 16.5. The molecule has 0 spiro atoms. The van der Waals surface area contributed by atoms with Crippen LogP contribution < -0.4 is 5.32 Å². The van der Waals surface area contributed by atoms with Gasteiger partial charge in [-0.05, 0) is 20.8 Å². The van der Waals surface area contributed by atoms with Crippen molar-refractivity contribution >= 4 is 17.7 Å². The van der Waals surface area contributed by atoms with Crippen LogP contribution in [0, 0.1) is 13.8 Å². The van der Waals surface area contributed by atoms with E-state index in [4.69, 9.17) is 9.26 Å². The van der Waals surface area contributed by atoms with E-state index in [2.05, 4.69) is 15.6 Å². The summed E-state index contributed by atoms with van der Waals surface area (Å²) in [5.74, 6) is -0.239. The zero-order valence-corrected chi connectivity index (χ0v) is 12.2. The Morgan fingerprint density at radius 2 is 2.14 bits per heavy atom. The Hall–Kier alpha value is -2.64. The highest BCUT2D eigenvalue weighted by Gasteiger charge is 2.22. The van der Waals surface area contributed by atoms with Crippen LogP contribution in [0.2, 0.25) is 0 Å². The maximum Gasteiger partial charge on any atom is 0.342 e. The fourth-order valence-electron chi connectivity index (χ4n) is 1.63. The molecule has 0 bridgehead atoms. The number of esters is 1. The van der Waals surface area contributed by atoms with Gasteiger partial charge in [0.05, 0.1) is 6.20 Å². The molecule has 8 heteroatoms. The van der Waals surface area contributed by atoms with Gasteiger partial charge in [0.2, 0.25) is 0 Å². The third-order valence-corrected chi connectivity index (χ3v) is 2.99. The van der Waals surface area contributed by atoms with Gasteiger partial charge in [-0.25, -0.2) is 4.79 Å². The average Bonchev–Trinajstić information content (AvgIpc) is 2.97. The molecule has 21 heavy (non-hydrogen) atoms. The Bertz CT molecular complexity index is 674. The smallest absolute Gasteiger partial charge is 0.342 e. The van der Waals surface area contributed by atoms with E-state index < -0.39 is 18.0 Å². The fraction of sp³-hybridized carbons (Fsp3) is 0.385. The van der Waals surface area contributed by atoms with E-state index >= 15 is 0 Å². The van der Waals surface area contributed by atoms with E-state index in [0.717, 1.165) is 0 Å². The van der Waals surface area contributed by atoms with E-state index in [1.54, 1.807) is 31.6 Å². The van der Waals surface area contributed by atoms with Crippen molar-refractivity contribution in [3.8, 4) is 0 Å². The Kier molecular flexibility index (Phi) is 4.06.